The van der Waals surface area contributed by atoms with Gasteiger partial charge in [-0.05, 0) is 37.6 Å². The molecule has 20 heavy (non-hydrogen) atoms. The van der Waals surface area contributed by atoms with Crippen molar-refractivity contribution in [3.63, 3.8) is 0 Å². The summed E-state index contributed by atoms with van der Waals surface area (Å²) in [4.78, 5) is 6.16. The summed E-state index contributed by atoms with van der Waals surface area (Å²) in [5.41, 5.74) is 0.594. The molecule has 1 fully saturated rings. The molecule has 1 atom stereocenters. The number of likely N-dealkylation sites (N-methyl/N-ethyl adjacent to an activating group) is 1. The zero-order chi connectivity index (χ0) is 14.6. The van der Waals surface area contributed by atoms with Gasteiger partial charge >= 0.3 is 0 Å². The molecule has 0 radical (unpaired) electrons. The molecule has 0 amide bonds. The van der Waals surface area contributed by atoms with Crippen LogP contribution in [0.1, 0.15) is 25.3 Å². The number of pyridine rings is 1. The van der Waals surface area contributed by atoms with Gasteiger partial charge in [-0.25, -0.2) is 18.1 Å². The van der Waals surface area contributed by atoms with Gasteiger partial charge in [0.05, 0.1) is 6.61 Å². The Kier molecular flexibility index (Phi) is 5.09. The first-order valence-corrected chi connectivity index (χ1v) is 8.34. The molecular formula is C13H21N3O3S. The first kappa shape index (κ1) is 15.4. The van der Waals surface area contributed by atoms with Crippen molar-refractivity contribution in [2.75, 3.05) is 19.6 Å². The number of aliphatic hydroxyl groups excluding tert-OH is 1. The number of rotatable bonds is 6. The fraction of sp³-hybridized carbons (Fsp3) is 0.615. The zero-order valence-corrected chi connectivity index (χ0v) is 12.4. The lowest BCUT2D eigenvalue weighted by molar-refractivity contribution is 0.268. The van der Waals surface area contributed by atoms with Gasteiger partial charge in [0, 0.05) is 18.8 Å². The molecule has 2 rings (SSSR count). The number of aromatic nitrogens is 1. The summed E-state index contributed by atoms with van der Waals surface area (Å²) in [5, 5.41) is 8.92. The van der Waals surface area contributed by atoms with E-state index in [0.717, 1.165) is 25.9 Å². The quantitative estimate of drug-likeness (QED) is 0.791. The maximum absolute atomic E-state index is 12.1. The monoisotopic (exact) mass is 299 g/mol. The Morgan fingerprint density at radius 2 is 2.30 bits per heavy atom. The van der Waals surface area contributed by atoms with Crippen LogP contribution in [-0.4, -0.2) is 49.1 Å². The van der Waals surface area contributed by atoms with E-state index in [2.05, 4.69) is 21.5 Å². The van der Waals surface area contributed by atoms with E-state index in [1.54, 1.807) is 6.07 Å². The minimum Gasteiger partial charge on any atom is -0.392 e. The summed E-state index contributed by atoms with van der Waals surface area (Å²) in [6.07, 6.45) is 3.51. The normalized spacial score (nSPS) is 20.4. The highest BCUT2D eigenvalue weighted by Gasteiger charge is 2.25. The van der Waals surface area contributed by atoms with E-state index in [0.29, 0.717) is 12.1 Å². The smallest absolute Gasteiger partial charge is 0.258 e. The first-order valence-electron chi connectivity index (χ1n) is 6.86. The van der Waals surface area contributed by atoms with Crippen LogP contribution in [0.4, 0.5) is 0 Å². The number of hydrogen-bond acceptors (Lipinski definition) is 5. The molecule has 1 aromatic rings. The SMILES string of the molecule is CCN1CCCC1CNS(=O)(=O)c1ccc(CO)cn1. The highest BCUT2D eigenvalue weighted by molar-refractivity contribution is 7.89. The maximum Gasteiger partial charge on any atom is 0.258 e. The molecule has 1 aromatic heterocycles. The standard InChI is InChI=1S/C13H21N3O3S/c1-2-16-7-3-4-12(16)9-15-20(18,19)13-6-5-11(10-17)8-14-13/h5-6,8,12,15,17H,2-4,7,9-10H2,1H3. The fourth-order valence-electron chi connectivity index (χ4n) is 2.49. The maximum atomic E-state index is 12.1. The Bertz CT molecular complexity index is 530. The zero-order valence-electron chi connectivity index (χ0n) is 11.6. The molecule has 112 valence electrons. The van der Waals surface area contributed by atoms with Crippen molar-refractivity contribution < 1.29 is 13.5 Å². The van der Waals surface area contributed by atoms with Crippen LogP contribution in [0.15, 0.2) is 23.4 Å². The van der Waals surface area contributed by atoms with Crippen molar-refractivity contribution in [2.24, 2.45) is 0 Å². The minimum atomic E-state index is -3.57. The summed E-state index contributed by atoms with van der Waals surface area (Å²) in [6.45, 7) is 4.33. The van der Waals surface area contributed by atoms with Crippen LogP contribution in [0, 0.1) is 0 Å². The second-order valence-electron chi connectivity index (χ2n) is 4.94. The third-order valence-corrected chi connectivity index (χ3v) is 5.01. The highest BCUT2D eigenvalue weighted by atomic mass is 32.2. The Morgan fingerprint density at radius 3 is 2.90 bits per heavy atom. The lowest BCUT2D eigenvalue weighted by Gasteiger charge is -2.22. The number of sulfonamides is 1. The van der Waals surface area contributed by atoms with Gasteiger partial charge in [0.2, 0.25) is 0 Å². The van der Waals surface area contributed by atoms with Crippen molar-refractivity contribution in [3.05, 3.63) is 23.9 Å². The van der Waals surface area contributed by atoms with Crippen molar-refractivity contribution in [1.82, 2.24) is 14.6 Å². The second-order valence-corrected chi connectivity index (χ2v) is 6.65. The summed E-state index contributed by atoms with van der Waals surface area (Å²) < 4.78 is 26.9. The Balaban J connectivity index is 1.99. The molecule has 6 nitrogen and oxygen atoms in total. The van der Waals surface area contributed by atoms with Gasteiger partial charge < -0.3 is 5.11 Å². The number of likely N-dealkylation sites (tertiary alicyclic amines) is 1. The lowest BCUT2D eigenvalue weighted by atomic mass is 10.2. The van der Waals surface area contributed by atoms with Gasteiger partial charge in [0.15, 0.2) is 5.03 Å². The van der Waals surface area contributed by atoms with E-state index in [-0.39, 0.29) is 17.7 Å². The van der Waals surface area contributed by atoms with Gasteiger partial charge in [0.1, 0.15) is 0 Å². The van der Waals surface area contributed by atoms with Crippen LogP contribution in [0.25, 0.3) is 0 Å². The van der Waals surface area contributed by atoms with Crippen LogP contribution < -0.4 is 4.72 Å². The average Bonchev–Trinajstić information content (AvgIpc) is 2.93. The van der Waals surface area contributed by atoms with Crippen LogP contribution >= 0.6 is 0 Å². The molecule has 0 saturated carbocycles. The van der Waals surface area contributed by atoms with Gasteiger partial charge in [0.25, 0.3) is 10.0 Å². The molecule has 1 aliphatic heterocycles. The summed E-state index contributed by atoms with van der Waals surface area (Å²) in [5.74, 6) is 0. The molecule has 0 spiro atoms. The van der Waals surface area contributed by atoms with Gasteiger partial charge in [-0.2, -0.15) is 0 Å². The van der Waals surface area contributed by atoms with Crippen molar-refractivity contribution in [1.29, 1.82) is 0 Å². The topological polar surface area (TPSA) is 82.5 Å². The largest absolute Gasteiger partial charge is 0.392 e. The van der Waals surface area contributed by atoms with E-state index in [1.807, 2.05) is 0 Å². The molecule has 1 aliphatic rings. The first-order chi connectivity index (χ1) is 9.56. The van der Waals surface area contributed by atoms with Gasteiger partial charge in [-0.15, -0.1) is 0 Å². The summed E-state index contributed by atoms with van der Waals surface area (Å²) >= 11 is 0. The molecule has 7 heteroatoms. The van der Waals surface area contributed by atoms with E-state index in [1.165, 1.54) is 12.3 Å². The Morgan fingerprint density at radius 1 is 1.50 bits per heavy atom. The number of hydrogen-bond donors (Lipinski definition) is 2. The highest BCUT2D eigenvalue weighted by Crippen LogP contribution is 2.16. The van der Waals surface area contributed by atoms with Crippen molar-refractivity contribution in [2.45, 2.75) is 37.4 Å². The number of nitrogens with zero attached hydrogens (tertiary/aromatic N) is 2. The van der Waals surface area contributed by atoms with Crippen molar-refractivity contribution >= 4 is 10.0 Å². The minimum absolute atomic E-state index is 0.00394. The average molecular weight is 299 g/mol. The van der Waals surface area contributed by atoms with Gasteiger partial charge in [-0.1, -0.05) is 13.0 Å². The fourth-order valence-corrected chi connectivity index (χ4v) is 3.48. The van der Waals surface area contributed by atoms with Crippen LogP contribution in [0.3, 0.4) is 0 Å². The predicted octanol–water partition coefficient (Wildman–Crippen LogP) is 0.336. The lowest BCUT2D eigenvalue weighted by Crippen LogP contribution is -2.40. The third-order valence-electron chi connectivity index (χ3n) is 3.67. The molecule has 2 N–H and O–H groups in total. The van der Waals surface area contributed by atoms with Crippen LogP contribution in [0.5, 0.6) is 0 Å². The summed E-state index contributed by atoms with van der Waals surface area (Å²) in [7, 11) is -3.57. The van der Waals surface area contributed by atoms with Crippen molar-refractivity contribution in [3.8, 4) is 0 Å². The molecule has 0 aliphatic carbocycles. The van der Waals surface area contributed by atoms with E-state index in [4.69, 9.17) is 5.11 Å². The van der Waals surface area contributed by atoms with E-state index in [9.17, 15) is 8.42 Å². The molecule has 0 bridgehead atoms. The van der Waals surface area contributed by atoms with Crippen LogP contribution in [-0.2, 0) is 16.6 Å². The van der Waals surface area contributed by atoms with Gasteiger partial charge in [-0.3, -0.25) is 4.90 Å². The van der Waals surface area contributed by atoms with E-state index < -0.39 is 10.0 Å². The van der Waals surface area contributed by atoms with Crippen LogP contribution in [0.2, 0.25) is 0 Å². The Hall–Kier alpha value is -1.02. The molecular weight excluding hydrogens is 278 g/mol. The van der Waals surface area contributed by atoms with E-state index >= 15 is 0 Å². The predicted molar refractivity (Wildman–Crippen MR) is 75.6 cm³/mol. The number of aliphatic hydroxyl groups is 1. The molecule has 1 unspecified atom stereocenters. The second kappa shape index (κ2) is 6.62. The third kappa shape index (κ3) is 3.54. The number of nitrogens with one attached hydrogen (secondary N) is 1. The summed E-state index contributed by atoms with van der Waals surface area (Å²) in [6, 6.07) is 3.25. The molecule has 2 heterocycles. The molecule has 1 saturated heterocycles. The Labute approximate surface area is 119 Å². The molecule has 0 aromatic carbocycles.